The van der Waals surface area contributed by atoms with Crippen LogP contribution in [0, 0.1) is 0 Å². The van der Waals surface area contributed by atoms with Crippen molar-refractivity contribution in [3.8, 4) is 5.75 Å². The number of carbonyl (C=O) groups excluding carboxylic acids is 1. The minimum atomic E-state index is -0.778. The molecule has 0 aromatic heterocycles. The molecule has 0 aliphatic carbocycles. The smallest absolute Gasteiger partial charge is 0.237 e. The summed E-state index contributed by atoms with van der Waals surface area (Å²) < 4.78 is 6.24. The number of nitrogens with two attached hydrogens (primary N) is 1. The molecule has 0 fully saturated rings. The molecule has 2 aromatic carbocycles. The van der Waals surface area contributed by atoms with E-state index in [0.717, 1.165) is 17.0 Å². The predicted octanol–water partition coefficient (Wildman–Crippen LogP) is 2.45. The zero-order valence-electron chi connectivity index (χ0n) is 14.0. The van der Waals surface area contributed by atoms with Crippen molar-refractivity contribution in [3.63, 3.8) is 0 Å². The summed E-state index contributed by atoms with van der Waals surface area (Å²) >= 11 is 0. The lowest BCUT2D eigenvalue weighted by molar-refractivity contribution is -0.123. The quantitative estimate of drug-likeness (QED) is 0.789. The monoisotopic (exact) mass is 325 g/mol. The SMILES string of the molecule is CC(C)(NCC1Nc2ccccc2OC1c1ccccc1)C(N)=O. The molecule has 0 saturated heterocycles. The average molecular weight is 325 g/mol. The number of nitrogens with one attached hydrogen (secondary N) is 2. The number of primary amides is 1. The van der Waals surface area contributed by atoms with E-state index in [1.54, 1.807) is 13.8 Å². The molecular weight excluding hydrogens is 302 g/mol. The molecule has 24 heavy (non-hydrogen) atoms. The Hall–Kier alpha value is -2.53. The number of anilines is 1. The third-order valence-corrected chi connectivity index (χ3v) is 4.36. The van der Waals surface area contributed by atoms with Gasteiger partial charge in [-0.05, 0) is 31.5 Å². The standard InChI is InChI=1S/C19H23N3O2/c1-19(2,18(20)23)21-12-15-17(13-8-4-3-5-9-13)24-16-11-7-6-10-14(16)22-15/h3-11,15,17,21-22H,12H2,1-2H3,(H2,20,23). The third-order valence-electron chi connectivity index (χ3n) is 4.36. The average Bonchev–Trinajstić information content (AvgIpc) is 2.60. The van der Waals surface area contributed by atoms with E-state index in [4.69, 9.17) is 10.5 Å². The van der Waals surface area contributed by atoms with Crippen LogP contribution in [-0.4, -0.2) is 24.0 Å². The number of hydrogen-bond donors (Lipinski definition) is 3. The van der Waals surface area contributed by atoms with Crippen LogP contribution in [0.2, 0.25) is 0 Å². The first-order chi connectivity index (χ1) is 11.5. The van der Waals surface area contributed by atoms with Crippen molar-refractivity contribution in [1.82, 2.24) is 5.32 Å². The van der Waals surface area contributed by atoms with E-state index in [1.807, 2.05) is 54.6 Å². The van der Waals surface area contributed by atoms with Crippen LogP contribution in [0.25, 0.3) is 0 Å². The minimum Gasteiger partial charge on any atom is -0.481 e. The molecule has 5 heteroatoms. The second-order valence-electron chi connectivity index (χ2n) is 6.57. The lowest BCUT2D eigenvalue weighted by atomic mass is 9.97. The van der Waals surface area contributed by atoms with E-state index in [0.29, 0.717) is 6.54 Å². The summed E-state index contributed by atoms with van der Waals surface area (Å²) in [6.45, 7) is 4.11. The molecule has 0 radical (unpaired) electrons. The van der Waals surface area contributed by atoms with Crippen LogP contribution in [0.1, 0.15) is 25.5 Å². The van der Waals surface area contributed by atoms with Gasteiger partial charge < -0.3 is 21.1 Å². The summed E-state index contributed by atoms with van der Waals surface area (Å²) in [5.41, 5.74) is 6.72. The van der Waals surface area contributed by atoms with Gasteiger partial charge in [-0.2, -0.15) is 0 Å². The second-order valence-corrected chi connectivity index (χ2v) is 6.57. The second kappa shape index (κ2) is 6.53. The summed E-state index contributed by atoms with van der Waals surface area (Å²) in [4.78, 5) is 11.6. The molecular formula is C19H23N3O2. The van der Waals surface area contributed by atoms with E-state index in [1.165, 1.54) is 0 Å². The highest BCUT2D eigenvalue weighted by atomic mass is 16.5. The van der Waals surface area contributed by atoms with Gasteiger partial charge in [0.15, 0.2) is 0 Å². The van der Waals surface area contributed by atoms with Gasteiger partial charge in [-0.1, -0.05) is 42.5 Å². The van der Waals surface area contributed by atoms with Crippen molar-refractivity contribution in [2.75, 3.05) is 11.9 Å². The van der Waals surface area contributed by atoms with Gasteiger partial charge in [0.05, 0.1) is 17.3 Å². The Morgan fingerprint density at radius 2 is 1.83 bits per heavy atom. The molecule has 2 unspecified atom stereocenters. The Morgan fingerprint density at radius 3 is 2.54 bits per heavy atom. The molecule has 4 N–H and O–H groups in total. The number of benzene rings is 2. The highest BCUT2D eigenvalue weighted by molar-refractivity contribution is 5.83. The highest BCUT2D eigenvalue weighted by Gasteiger charge is 2.33. The van der Waals surface area contributed by atoms with Gasteiger partial charge in [-0.3, -0.25) is 4.79 Å². The number of ether oxygens (including phenoxy) is 1. The van der Waals surface area contributed by atoms with Gasteiger partial charge in [-0.15, -0.1) is 0 Å². The van der Waals surface area contributed by atoms with Gasteiger partial charge in [0.2, 0.25) is 5.91 Å². The first-order valence-electron chi connectivity index (χ1n) is 8.09. The zero-order chi connectivity index (χ0) is 17.2. The maximum absolute atomic E-state index is 11.6. The number of hydrogen-bond acceptors (Lipinski definition) is 4. The molecule has 1 heterocycles. The largest absolute Gasteiger partial charge is 0.481 e. The van der Waals surface area contributed by atoms with Gasteiger partial charge in [0.25, 0.3) is 0 Å². The summed E-state index contributed by atoms with van der Waals surface area (Å²) in [7, 11) is 0. The fourth-order valence-electron chi connectivity index (χ4n) is 2.74. The molecule has 0 bridgehead atoms. The first-order valence-corrected chi connectivity index (χ1v) is 8.09. The molecule has 3 rings (SSSR count). The number of fused-ring (bicyclic) bond motifs is 1. The molecule has 1 aliphatic rings. The fourth-order valence-corrected chi connectivity index (χ4v) is 2.74. The Labute approximate surface area is 142 Å². The van der Waals surface area contributed by atoms with Crippen molar-refractivity contribution < 1.29 is 9.53 Å². The Morgan fingerprint density at radius 1 is 1.17 bits per heavy atom. The zero-order valence-corrected chi connectivity index (χ0v) is 14.0. The Bertz CT molecular complexity index is 716. The summed E-state index contributed by atoms with van der Waals surface area (Å²) in [6, 6.07) is 17.9. The number of carbonyl (C=O) groups is 1. The first kappa shape index (κ1) is 16.3. The molecule has 0 saturated carbocycles. The number of para-hydroxylation sites is 2. The maximum atomic E-state index is 11.6. The van der Waals surface area contributed by atoms with E-state index in [2.05, 4.69) is 10.6 Å². The van der Waals surface area contributed by atoms with Crippen molar-refractivity contribution >= 4 is 11.6 Å². The molecule has 2 aromatic rings. The van der Waals surface area contributed by atoms with Crippen LogP contribution >= 0.6 is 0 Å². The molecule has 2 atom stereocenters. The Balaban J connectivity index is 1.85. The van der Waals surface area contributed by atoms with Crippen molar-refractivity contribution in [3.05, 3.63) is 60.2 Å². The van der Waals surface area contributed by atoms with E-state index >= 15 is 0 Å². The van der Waals surface area contributed by atoms with Gasteiger partial charge >= 0.3 is 0 Å². The van der Waals surface area contributed by atoms with Crippen molar-refractivity contribution in [1.29, 1.82) is 0 Å². The lowest BCUT2D eigenvalue weighted by Gasteiger charge is -2.37. The third kappa shape index (κ3) is 3.36. The van der Waals surface area contributed by atoms with E-state index in [-0.39, 0.29) is 18.1 Å². The summed E-state index contributed by atoms with van der Waals surface area (Å²) in [5, 5.41) is 6.76. The number of rotatable bonds is 5. The number of amides is 1. The molecule has 126 valence electrons. The van der Waals surface area contributed by atoms with Crippen molar-refractivity contribution in [2.24, 2.45) is 5.73 Å². The highest BCUT2D eigenvalue weighted by Crippen LogP contribution is 2.37. The summed E-state index contributed by atoms with van der Waals surface area (Å²) in [5.74, 6) is 0.452. The lowest BCUT2D eigenvalue weighted by Crippen LogP contribution is -2.55. The van der Waals surface area contributed by atoms with E-state index in [9.17, 15) is 4.79 Å². The van der Waals surface area contributed by atoms with Crippen LogP contribution in [0.4, 0.5) is 5.69 Å². The fraction of sp³-hybridized carbons (Fsp3) is 0.316. The molecule has 1 aliphatic heterocycles. The normalized spacial score (nSPS) is 19.8. The minimum absolute atomic E-state index is 0.0269. The molecule has 0 spiro atoms. The van der Waals surface area contributed by atoms with Crippen molar-refractivity contribution in [2.45, 2.75) is 31.5 Å². The predicted molar refractivity (Wildman–Crippen MR) is 94.9 cm³/mol. The molecule has 1 amide bonds. The van der Waals surface area contributed by atoms with Gasteiger partial charge in [-0.25, -0.2) is 0 Å². The van der Waals surface area contributed by atoms with Gasteiger partial charge in [0, 0.05) is 6.54 Å². The Kier molecular flexibility index (Phi) is 4.44. The van der Waals surface area contributed by atoms with Crippen LogP contribution in [0.15, 0.2) is 54.6 Å². The topological polar surface area (TPSA) is 76.4 Å². The van der Waals surface area contributed by atoms with Crippen LogP contribution in [0.3, 0.4) is 0 Å². The van der Waals surface area contributed by atoms with Crippen LogP contribution in [0.5, 0.6) is 5.75 Å². The molecule has 5 nitrogen and oxygen atoms in total. The van der Waals surface area contributed by atoms with E-state index < -0.39 is 5.54 Å². The van der Waals surface area contributed by atoms with Crippen LogP contribution in [-0.2, 0) is 4.79 Å². The summed E-state index contributed by atoms with van der Waals surface area (Å²) in [6.07, 6.45) is -0.155. The van der Waals surface area contributed by atoms with Crippen LogP contribution < -0.4 is 21.1 Å². The van der Waals surface area contributed by atoms with Gasteiger partial charge in [0.1, 0.15) is 11.9 Å². The maximum Gasteiger partial charge on any atom is 0.237 e.